The van der Waals surface area contributed by atoms with Crippen LogP contribution in [0.1, 0.15) is 5.56 Å². The average molecular weight is 346 g/mol. The summed E-state index contributed by atoms with van der Waals surface area (Å²) >= 11 is 6.89. The lowest BCUT2D eigenvalue weighted by Gasteiger charge is -2.07. The molecule has 1 heterocycles. The second kappa shape index (κ2) is 5.01. The van der Waals surface area contributed by atoms with Gasteiger partial charge in [0, 0.05) is 10.7 Å². The molecule has 2 rings (SSSR count). The molecule has 0 aliphatic heterocycles. The Hall–Kier alpha value is -0.810. The largest absolute Gasteiger partial charge is 0.497 e. The molecule has 0 bridgehead atoms. The molecule has 0 saturated heterocycles. The fraction of sp³-hybridized carbons (Fsp3) is 0.182. The maximum atomic E-state index is 5.19. The third-order valence-electron chi connectivity index (χ3n) is 2.19. The molecule has 0 radical (unpaired) electrons. The molecular formula is C11H10Br2N2O. The first-order valence-corrected chi connectivity index (χ1v) is 6.28. The van der Waals surface area contributed by atoms with Crippen LogP contribution in [-0.2, 0) is 6.54 Å². The van der Waals surface area contributed by atoms with E-state index >= 15 is 0 Å². The van der Waals surface area contributed by atoms with Gasteiger partial charge in [-0.1, -0.05) is 15.9 Å². The van der Waals surface area contributed by atoms with Gasteiger partial charge in [0.2, 0.25) is 0 Å². The van der Waals surface area contributed by atoms with E-state index in [0.29, 0.717) is 6.54 Å². The number of aromatic nitrogens is 2. The highest BCUT2D eigenvalue weighted by Gasteiger charge is 2.04. The van der Waals surface area contributed by atoms with Gasteiger partial charge in [0.25, 0.3) is 0 Å². The van der Waals surface area contributed by atoms with Crippen molar-refractivity contribution in [1.29, 1.82) is 0 Å². The van der Waals surface area contributed by atoms with Crippen molar-refractivity contribution in [3.8, 4) is 5.75 Å². The Kier molecular flexibility index (Phi) is 3.66. The van der Waals surface area contributed by atoms with E-state index in [0.717, 1.165) is 20.3 Å². The van der Waals surface area contributed by atoms with Crippen molar-refractivity contribution >= 4 is 31.9 Å². The monoisotopic (exact) mass is 344 g/mol. The Labute approximate surface area is 111 Å². The van der Waals surface area contributed by atoms with Gasteiger partial charge in [-0.05, 0) is 39.7 Å². The first-order chi connectivity index (χ1) is 7.69. The van der Waals surface area contributed by atoms with Crippen molar-refractivity contribution < 1.29 is 4.74 Å². The molecular weight excluding hydrogens is 336 g/mol. The summed E-state index contributed by atoms with van der Waals surface area (Å²) in [5, 5.41) is 4.22. The highest BCUT2D eigenvalue weighted by Crippen LogP contribution is 2.23. The zero-order valence-corrected chi connectivity index (χ0v) is 11.8. The van der Waals surface area contributed by atoms with Gasteiger partial charge in [0.1, 0.15) is 5.75 Å². The predicted molar refractivity (Wildman–Crippen MR) is 69.7 cm³/mol. The van der Waals surface area contributed by atoms with Crippen LogP contribution < -0.4 is 4.74 Å². The maximum Gasteiger partial charge on any atom is 0.119 e. The standard InChI is InChI=1S/C11H10Br2N2O/c1-16-10-2-3-11(13)8(4-10)6-15-7-9(12)5-14-15/h2-5,7H,6H2,1H3. The summed E-state index contributed by atoms with van der Waals surface area (Å²) in [7, 11) is 1.66. The van der Waals surface area contributed by atoms with E-state index < -0.39 is 0 Å². The van der Waals surface area contributed by atoms with Crippen molar-refractivity contribution in [3.63, 3.8) is 0 Å². The van der Waals surface area contributed by atoms with Gasteiger partial charge in [-0.15, -0.1) is 0 Å². The Morgan fingerprint density at radius 2 is 2.19 bits per heavy atom. The highest BCUT2D eigenvalue weighted by molar-refractivity contribution is 9.10. The first kappa shape index (κ1) is 11.7. The van der Waals surface area contributed by atoms with Crippen LogP contribution in [0, 0.1) is 0 Å². The van der Waals surface area contributed by atoms with Gasteiger partial charge < -0.3 is 4.74 Å². The molecule has 0 N–H and O–H groups in total. The molecule has 0 spiro atoms. The van der Waals surface area contributed by atoms with Crippen LogP contribution in [0.15, 0.2) is 39.5 Å². The first-order valence-electron chi connectivity index (χ1n) is 4.69. The Morgan fingerprint density at radius 1 is 1.38 bits per heavy atom. The number of hydrogen-bond acceptors (Lipinski definition) is 2. The molecule has 1 aromatic heterocycles. The molecule has 16 heavy (non-hydrogen) atoms. The molecule has 0 aliphatic carbocycles. The Morgan fingerprint density at radius 3 is 2.81 bits per heavy atom. The van der Waals surface area contributed by atoms with E-state index in [9.17, 15) is 0 Å². The molecule has 3 nitrogen and oxygen atoms in total. The number of ether oxygens (including phenoxy) is 1. The van der Waals surface area contributed by atoms with Crippen LogP contribution in [0.5, 0.6) is 5.75 Å². The minimum atomic E-state index is 0.712. The van der Waals surface area contributed by atoms with Gasteiger partial charge in [-0.25, -0.2) is 0 Å². The summed E-state index contributed by atoms with van der Waals surface area (Å²) in [6, 6.07) is 5.90. The van der Waals surface area contributed by atoms with Crippen molar-refractivity contribution in [2.75, 3.05) is 7.11 Å². The van der Waals surface area contributed by atoms with E-state index in [4.69, 9.17) is 4.74 Å². The quantitative estimate of drug-likeness (QED) is 0.851. The second-order valence-corrected chi connectivity index (χ2v) is 5.08. The lowest BCUT2D eigenvalue weighted by Crippen LogP contribution is -2.01. The maximum absolute atomic E-state index is 5.19. The minimum Gasteiger partial charge on any atom is -0.497 e. The summed E-state index contributed by atoms with van der Waals surface area (Å²) in [5.41, 5.74) is 1.13. The summed E-state index contributed by atoms with van der Waals surface area (Å²) in [4.78, 5) is 0. The third kappa shape index (κ3) is 2.65. The fourth-order valence-electron chi connectivity index (χ4n) is 1.40. The lowest BCUT2D eigenvalue weighted by molar-refractivity contribution is 0.414. The number of methoxy groups -OCH3 is 1. The number of hydrogen-bond donors (Lipinski definition) is 0. The van der Waals surface area contributed by atoms with Gasteiger partial charge in [0.15, 0.2) is 0 Å². The highest BCUT2D eigenvalue weighted by atomic mass is 79.9. The second-order valence-electron chi connectivity index (χ2n) is 3.31. The van der Waals surface area contributed by atoms with Crippen LogP contribution in [0.2, 0.25) is 0 Å². The van der Waals surface area contributed by atoms with Gasteiger partial charge in [-0.2, -0.15) is 5.10 Å². The smallest absolute Gasteiger partial charge is 0.119 e. The molecule has 0 unspecified atom stereocenters. The lowest BCUT2D eigenvalue weighted by atomic mass is 10.2. The molecule has 0 atom stereocenters. The summed E-state index contributed by atoms with van der Waals surface area (Å²) in [6.07, 6.45) is 3.71. The van der Waals surface area contributed by atoms with Crippen LogP contribution in [-0.4, -0.2) is 16.9 Å². The Bertz CT molecular complexity index is 496. The van der Waals surface area contributed by atoms with E-state index in [1.807, 2.05) is 29.1 Å². The molecule has 1 aromatic carbocycles. The van der Waals surface area contributed by atoms with Gasteiger partial charge in [-0.3, -0.25) is 4.68 Å². The van der Waals surface area contributed by atoms with Crippen LogP contribution in [0.4, 0.5) is 0 Å². The van der Waals surface area contributed by atoms with Gasteiger partial charge in [0.05, 0.1) is 24.3 Å². The number of halogens is 2. The van der Waals surface area contributed by atoms with Gasteiger partial charge >= 0.3 is 0 Å². The third-order valence-corrected chi connectivity index (χ3v) is 3.37. The SMILES string of the molecule is COc1ccc(Br)c(Cn2cc(Br)cn2)c1. The molecule has 0 aliphatic rings. The number of rotatable bonds is 3. The topological polar surface area (TPSA) is 27.1 Å². The van der Waals surface area contributed by atoms with Crippen molar-refractivity contribution in [1.82, 2.24) is 9.78 Å². The Balaban J connectivity index is 2.26. The molecule has 5 heteroatoms. The number of benzene rings is 1. The van der Waals surface area contributed by atoms with E-state index in [2.05, 4.69) is 37.0 Å². The average Bonchev–Trinajstić information content (AvgIpc) is 2.67. The molecule has 0 saturated carbocycles. The number of nitrogens with zero attached hydrogens (tertiary/aromatic N) is 2. The zero-order valence-electron chi connectivity index (χ0n) is 8.65. The van der Waals surface area contributed by atoms with Crippen molar-refractivity contribution in [3.05, 3.63) is 45.1 Å². The van der Waals surface area contributed by atoms with E-state index in [1.54, 1.807) is 13.3 Å². The summed E-state index contributed by atoms with van der Waals surface area (Å²) in [6.45, 7) is 0.712. The normalized spacial score (nSPS) is 10.4. The van der Waals surface area contributed by atoms with Crippen LogP contribution in [0.25, 0.3) is 0 Å². The fourth-order valence-corrected chi connectivity index (χ4v) is 2.10. The zero-order chi connectivity index (χ0) is 11.5. The van der Waals surface area contributed by atoms with Crippen LogP contribution in [0.3, 0.4) is 0 Å². The molecule has 84 valence electrons. The van der Waals surface area contributed by atoms with E-state index in [1.165, 1.54) is 0 Å². The molecule has 2 aromatic rings. The summed E-state index contributed by atoms with van der Waals surface area (Å²) in [5.74, 6) is 0.851. The summed E-state index contributed by atoms with van der Waals surface area (Å²) < 4.78 is 9.09. The molecule has 0 fully saturated rings. The van der Waals surface area contributed by atoms with Crippen LogP contribution >= 0.6 is 31.9 Å². The van der Waals surface area contributed by atoms with Crippen molar-refractivity contribution in [2.45, 2.75) is 6.54 Å². The minimum absolute atomic E-state index is 0.712. The molecule has 0 amide bonds. The van der Waals surface area contributed by atoms with Crippen molar-refractivity contribution in [2.24, 2.45) is 0 Å². The predicted octanol–water partition coefficient (Wildman–Crippen LogP) is 3.47. The van der Waals surface area contributed by atoms with E-state index in [-0.39, 0.29) is 0 Å².